The van der Waals surface area contributed by atoms with Crippen molar-refractivity contribution in [1.82, 2.24) is 0 Å². The lowest BCUT2D eigenvalue weighted by molar-refractivity contribution is -0.117. The van der Waals surface area contributed by atoms with Crippen molar-refractivity contribution in [3.05, 3.63) is 50.4 Å². The summed E-state index contributed by atoms with van der Waals surface area (Å²) in [6, 6.07) is 8.71. The first kappa shape index (κ1) is 22.0. The van der Waals surface area contributed by atoms with Crippen molar-refractivity contribution in [2.75, 3.05) is 22.5 Å². The van der Waals surface area contributed by atoms with Crippen molar-refractivity contribution in [3.63, 3.8) is 0 Å². The molecule has 154 valence electrons. The van der Waals surface area contributed by atoms with E-state index in [4.69, 9.17) is 0 Å². The third kappa shape index (κ3) is 4.90. The van der Waals surface area contributed by atoms with E-state index in [0.29, 0.717) is 28.8 Å². The molecule has 9 heteroatoms. The summed E-state index contributed by atoms with van der Waals surface area (Å²) in [6.07, 6.45) is 0.514. The molecule has 0 fully saturated rings. The Morgan fingerprint density at radius 3 is 2.55 bits per heavy atom. The van der Waals surface area contributed by atoms with Crippen LogP contribution in [0.15, 0.2) is 44.2 Å². The number of hydrogen-bond donors (Lipinski definition) is 1. The number of sulfone groups is 1. The summed E-state index contributed by atoms with van der Waals surface area (Å²) in [6.45, 7) is 3.86. The summed E-state index contributed by atoms with van der Waals surface area (Å²) in [5.74, 6) is -0.827. The van der Waals surface area contributed by atoms with E-state index < -0.39 is 9.84 Å². The Bertz CT molecular complexity index is 1100. The molecule has 0 bridgehead atoms. The third-order valence-corrected chi connectivity index (χ3v) is 7.97. The molecule has 0 saturated carbocycles. The van der Waals surface area contributed by atoms with Gasteiger partial charge in [0.05, 0.1) is 10.6 Å². The summed E-state index contributed by atoms with van der Waals surface area (Å²) in [5.41, 5.74) is 3.07. The summed E-state index contributed by atoms with van der Waals surface area (Å²) in [5, 5.41) is 2.75. The van der Waals surface area contributed by atoms with Gasteiger partial charge in [-0.15, -0.1) is 0 Å². The van der Waals surface area contributed by atoms with Crippen LogP contribution >= 0.6 is 31.9 Å². The molecule has 0 spiro atoms. The predicted octanol–water partition coefficient (Wildman–Crippen LogP) is 4.23. The van der Waals surface area contributed by atoms with Crippen LogP contribution in [0, 0.1) is 6.92 Å². The van der Waals surface area contributed by atoms with Gasteiger partial charge in [0.15, 0.2) is 9.84 Å². The van der Waals surface area contributed by atoms with Crippen LogP contribution in [0.3, 0.4) is 0 Å². The summed E-state index contributed by atoms with van der Waals surface area (Å²) in [7, 11) is -3.72. The van der Waals surface area contributed by atoms with Crippen LogP contribution < -0.4 is 10.2 Å². The Morgan fingerprint density at radius 2 is 1.90 bits per heavy atom. The van der Waals surface area contributed by atoms with Crippen molar-refractivity contribution in [2.24, 2.45) is 0 Å². The molecule has 0 aromatic heterocycles. The lowest BCUT2D eigenvalue weighted by atomic mass is 10.2. The van der Waals surface area contributed by atoms with E-state index in [1.54, 1.807) is 17.0 Å². The molecule has 0 radical (unpaired) electrons. The molecule has 0 unspecified atom stereocenters. The van der Waals surface area contributed by atoms with Gasteiger partial charge in [-0.1, -0.05) is 15.9 Å². The molecule has 29 heavy (non-hydrogen) atoms. The minimum absolute atomic E-state index is 0.0945. The Labute approximate surface area is 186 Å². The van der Waals surface area contributed by atoms with Crippen molar-refractivity contribution in [1.29, 1.82) is 0 Å². The maximum absolute atomic E-state index is 12.9. The van der Waals surface area contributed by atoms with Gasteiger partial charge in [-0.3, -0.25) is 9.59 Å². The second-order valence-corrected chi connectivity index (χ2v) is 10.8. The number of amides is 2. The number of rotatable bonds is 5. The Hall–Kier alpha value is -1.71. The lowest BCUT2D eigenvalue weighted by Crippen LogP contribution is -2.26. The van der Waals surface area contributed by atoms with Crippen LogP contribution in [0.4, 0.5) is 11.4 Å². The van der Waals surface area contributed by atoms with Gasteiger partial charge in [-0.05, 0) is 70.7 Å². The van der Waals surface area contributed by atoms with E-state index in [1.165, 1.54) is 13.0 Å². The van der Waals surface area contributed by atoms with Gasteiger partial charge in [0.2, 0.25) is 11.8 Å². The van der Waals surface area contributed by atoms with Crippen molar-refractivity contribution in [3.8, 4) is 0 Å². The Kier molecular flexibility index (Phi) is 6.50. The number of nitrogens with one attached hydrogen (secondary N) is 1. The van der Waals surface area contributed by atoms with Gasteiger partial charge in [0.25, 0.3) is 0 Å². The highest BCUT2D eigenvalue weighted by atomic mass is 79.9. The molecule has 1 heterocycles. The molecule has 0 saturated heterocycles. The van der Waals surface area contributed by atoms with E-state index >= 15 is 0 Å². The number of carbonyl (C=O) groups is 2. The molecule has 2 amide bonds. The van der Waals surface area contributed by atoms with Gasteiger partial charge in [0.1, 0.15) is 0 Å². The molecular formula is C20H20Br2N2O4S. The fourth-order valence-corrected chi connectivity index (χ4v) is 6.20. The van der Waals surface area contributed by atoms with Gasteiger partial charge >= 0.3 is 0 Å². The van der Waals surface area contributed by atoms with Crippen LogP contribution in [0.1, 0.15) is 24.5 Å². The smallest absolute Gasteiger partial charge is 0.225 e. The standard InChI is InChI=1S/C20H20Br2N2O4S/c1-12-9-15(21)3-4-17(12)23-20(26)6-8-29(27,28)19-11-18-14(10-16(19)22)5-7-24(18)13(2)25/h3-4,9-11H,5-8H2,1-2H3,(H,23,26). The average Bonchev–Trinajstić information content (AvgIpc) is 3.04. The first-order valence-electron chi connectivity index (χ1n) is 8.98. The molecule has 1 N–H and O–H groups in total. The number of halogens is 2. The molecule has 6 nitrogen and oxygen atoms in total. The van der Waals surface area contributed by atoms with Gasteiger partial charge < -0.3 is 10.2 Å². The zero-order chi connectivity index (χ0) is 21.3. The number of carbonyl (C=O) groups excluding carboxylic acids is 2. The van der Waals surface area contributed by atoms with Crippen LogP contribution in [0.5, 0.6) is 0 Å². The van der Waals surface area contributed by atoms with Gasteiger partial charge in [-0.25, -0.2) is 8.42 Å². The Morgan fingerprint density at radius 1 is 1.17 bits per heavy atom. The molecule has 3 rings (SSSR count). The Balaban J connectivity index is 1.75. The second-order valence-electron chi connectivity index (χ2n) is 6.91. The molecular weight excluding hydrogens is 524 g/mol. The number of fused-ring (bicyclic) bond motifs is 1. The number of anilines is 2. The van der Waals surface area contributed by atoms with Crippen LogP contribution in [-0.2, 0) is 25.8 Å². The van der Waals surface area contributed by atoms with Crippen LogP contribution in [0.2, 0.25) is 0 Å². The number of hydrogen-bond acceptors (Lipinski definition) is 4. The van der Waals surface area contributed by atoms with E-state index in [1.807, 2.05) is 19.1 Å². The maximum Gasteiger partial charge on any atom is 0.225 e. The van der Waals surface area contributed by atoms with E-state index in [0.717, 1.165) is 15.6 Å². The van der Waals surface area contributed by atoms with Crippen molar-refractivity contribution in [2.45, 2.75) is 31.6 Å². The monoisotopic (exact) mass is 542 g/mol. The lowest BCUT2D eigenvalue weighted by Gasteiger charge is -2.16. The second kappa shape index (κ2) is 8.57. The third-order valence-electron chi connectivity index (χ3n) is 4.80. The fraction of sp³-hybridized carbons (Fsp3) is 0.300. The fourth-order valence-electron chi connectivity index (χ4n) is 3.27. The minimum atomic E-state index is -3.72. The highest BCUT2D eigenvalue weighted by Gasteiger charge is 2.27. The SMILES string of the molecule is CC(=O)N1CCc2cc(Br)c(S(=O)(=O)CCC(=O)Nc3ccc(Br)cc3C)cc21. The highest BCUT2D eigenvalue weighted by molar-refractivity contribution is 9.10. The van der Waals surface area contributed by atoms with Crippen molar-refractivity contribution < 1.29 is 18.0 Å². The minimum Gasteiger partial charge on any atom is -0.326 e. The van der Waals surface area contributed by atoms with Crippen LogP contribution in [-0.4, -0.2) is 32.5 Å². The topological polar surface area (TPSA) is 83.6 Å². The van der Waals surface area contributed by atoms with Gasteiger partial charge in [0, 0.05) is 40.2 Å². The molecule has 2 aromatic rings. The first-order valence-corrected chi connectivity index (χ1v) is 12.2. The normalized spacial score (nSPS) is 13.3. The quantitative estimate of drug-likeness (QED) is 0.611. The van der Waals surface area contributed by atoms with E-state index in [9.17, 15) is 18.0 Å². The van der Waals surface area contributed by atoms with Gasteiger partial charge in [-0.2, -0.15) is 0 Å². The molecule has 1 aliphatic heterocycles. The van der Waals surface area contributed by atoms with E-state index in [-0.39, 0.29) is 28.9 Å². The average molecular weight is 544 g/mol. The largest absolute Gasteiger partial charge is 0.326 e. The zero-order valence-electron chi connectivity index (χ0n) is 16.0. The molecule has 2 aromatic carbocycles. The van der Waals surface area contributed by atoms with Crippen LogP contribution in [0.25, 0.3) is 0 Å². The number of nitrogens with zero attached hydrogens (tertiary/aromatic N) is 1. The number of benzene rings is 2. The number of aryl methyl sites for hydroxylation is 1. The molecule has 0 atom stereocenters. The van der Waals surface area contributed by atoms with Crippen molar-refractivity contribution >= 4 is 64.9 Å². The predicted molar refractivity (Wildman–Crippen MR) is 120 cm³/mol. The molecule has 1 aliphatic rings. The first-order chi connectivity index (χ1) is 13.6. The summed E-state index contributed by atoms with van der Waals surface area (Å²) in [4.78, 5) is 25.8. The zero-order valence-corrected chi connectivity index (χ0v) is 19.9. The summed E-state index contributed by atoms with van der Waals surface area (Å²) >= 11 is 6.70. The van der Waals surface area contributed by atoms with E-state index in [2.05, 4.69) is 37.2 Å². The highest BCUT2D eigenvalue weighted by Crippen LogP contribution is 2.36. The maximum atomic E-state index is 12.9. The summed E-state index contributed by atoms with van der Waals surface area (Å²) < 4.78 is 27.1. The molecule has 0 aliphatic carbocycles.